The van der Waals surface area contributed by atoms with E-state index in [0.29, 0.717) is 30.0 Å². The van der Waals surface area contributed by atoms with Crippen LogP contribution in [0.3, 0.4) is 0 Å². The van der Waals surface area contributed by atoms with Gasteiger partial charge in [0.2, 0.25) is 0 Å². The molecular weight excluding hydrogens is 276 g/mol. The lowest BCUT2D eigenvalue weighted by atomic mass is 9.44. The smallest absolute Gasteiger partial charge is 0.137 e. The molecule has 4 aliphatic carbocycles. The number of hydrogen-bond donors (Lipinski definition) is 2. The summed E-state index contributed by atoms with van der Waals surface area (Å²) >= 11 is 0. The fraction of sp³-hybridized carbons (Fsp3) is 0.947. The van der Waals surface area contributed by atoms with E-state index in [1.165, 1.54) is 0 Å². The Kier molecular flexibility index (Phi) is 3.30. The largest absolute Gasteiger partial charge is 0.393 e. The van der Waals surface area contributed by atoms with Crippen molar-refractivity contribution in [3.63, 3.8) is 0 Å². The van der Waals surface area contributed by atoms with E-state index in [2.05, 4.69) is 13.8 Å². The number of ketones is 1. The number of Topliss-reactive ketones (excluding diaryl/α,β-unsaturated/α-hetero) is 1. The Morgan fingerprint density at radius 2 is 1.82 bits per heavy atom. The van der Waals surface area contributed by atoms with Crippen molar-refractivity contribution in [2.45, 2.75) is 77.4 Å². The van der Waals surface area contributed by atoms with Crippen molar-refractivity contribution in [3.05, 3.63) is 0 Å². The summed E-state index contributed by atoms with van der Waals surface area (Å²) in [6.45, 7) is 4.54. The van der Waals surface area contributed by atoms with E-state index in [9.17, 15) is 15.0 Å². The van der Waals surface area contributed by atoms with E-state index in [1.807, 2.05) is 0 Å². The summed E-state index contributed by atoms with van der Waals surface area (Å²) in [5, 5.41) is 20.6. The van der Waals surface area contributed by atoms with Gasteiger partial charge in [0.25, 0.3) is 0 Å². The second kappa shape index (κ2) is 4.80. The third-order valence-electron chi connectivity index (χ3n) is 8.11. The molecule has 4 aliphatic rings. The van der Waals surface area contributed by atoms with Crippen molar-refractivity contribution in [2.24, 2.45) is 34.5 Å². The van der Waals surface area contributed by atoms with Crippen LogP contribution in [0.2, 0.25) is 0 Å². The van der Waals surface area contributed by atoms with Crippen LogP contribution in [0.15, 0.2) is 0 Å². The molecule has 0 unspecified atom stereocenters. The molecule has 0 heterocycles. The van der Waals surface area contributed by atoms with Crippen LogP contribution < -0.4 is 0 Å². The van der Waals surface area contributed by atoms with Gasteiger partial charge in [0.15, 0.2) is 0 Å². The fourth-order valence-corrected chi connectivity index (χ4v) is 7.10. The topological polar surface area (TPSA) is 57.5 Å². The van der Waals surface area contributed by atoms with Gasteiger partial charge in [-0.25, -0.2) is 0 Å². The second-order valence-corrected chi connectivity index (χ2v) is 9.28. The lowest BCUT2D eigenvalue weighted by molar-refractivity contribution is -0.164. The predicted octanol–water partition coefficient (Wildman–Crippen LogP) is 2.93. The normalized spacial score (nSPS) is 57.9. The fourth-order valence-electron chi connectivity index (χ4n) is 7.10. The number of carbonyl (C=O) groups is 1. The number of aliphatic hydroxyl groups excluding tert-OH is 2. The summed E-state index contributed by atoms with van der Waals surface area (Å²) in [5.74, 6) is 1.77. The van der Waals surface area contributed by atoms with Crippen LogP contribution in [0, 0.1) is 34.5 Å². The molecular formula is C19H30O3. The Balaban J connectivity index is 1.71. The summed E-state index contributed by atoms with van der Waals surface area (Å²) in [7, 11) is 0. The SMILES string of the molecule is C[C@@]12CC[C@H](O)[C@H]1[C@@H]1CC[C@H]3C[C@@H](O)CC[C@]3(C)[C@H]1C(=O)C2. The Hall–Kier alpha value is -0.410. The van der Waals surface area contributed by atoms with Gasteiger partial charge >= 0.3 is 0 Å². The van der Waals surface area contributed by atoms with Gasteiger partial charge in [0, 0.05) is 12.3 Å². The van der Waals surface area contributed by atoms with Gasteiger partial charge < -0.3 is 10.2 Å². The summed E-state index contributed by atoms with van der Waals surface area (Å²) in [6, 6.07) is 0. The zero-order valence-electron chi connectivity index (χ0n) is 13.9. The van der Waals surface area contributed by atoms with E-state index in [0.717, 1.165) is 44.9 Å². The lowest BCUT2D eigenvalue weighted by Gasteiger charge is -2.59. The Bertz CT molecular complexity index is 489. The zero-order chi connectivity index (χ0) is 15.7. The third-order valence-corrected chi connectivity index (χ3v) is 8.11. The first-order valence-corrected chi connectivity index (χ1v) is 9.24. The quantitative estimate of drug-likeness (QED) is 0.723. The maximum absolute atomic E-state index is 13.1. The monoisotopic (exact) mass is 306 g/mol. The Labute approximate surface area is 133 Å². The molecule has 0 spiro atoms. The standard InChI is InChI=1S/C19H30O3/c1-18-7-6-14(21)16(18)13-4-3-11-9-12(20)5-8-19(11,2)17(13)15(22)10-18/h11-14,16-17,20-21H,3-10H2,1-2H3/t11-,12-,13-,14-,16+,17+,18-,19-/m0/s1. The number of rotatable bonds is 0. The molecule has 4 saturated carbocycles. The molecule has 4 fully saturated rings. The highest BCUT2D eigenvalue weighted by atomic mass is 16.3. The van der Waals surface area contributed by atoms with Gasteiger partial charge in [0.05, 0.1) is 12.2 Å². The predicted molar refractivity (Wildman–Crippen MR) is 84.1 cm³/mol. The van der Waals surface area contributed by atoms with E-state index in [1.54, 1.807) is 0 Å². The van der Waals surface area contributed by atoms with Crippen LogP contribution in [0.25, 0.3) is 0 Å². The summed E-state index contributed by atoms with van der Waals surface area (Å²) in [6.07, 6.45) is 7.05. The minimum absolute atomic E-state index is 0.0368. The summed E-state index contributed by atoms with van der Waals surface area (Å²) in [4.78, 5) is 13.1. The van der Waals surface area contributed by atoms with Crippen molar-refractivity contribution < 1.29 is 15.0 Å². The van der Waals surface area contributed by atoms with Gasteiger partial charge in [-0.2, -0.15) is 0 Å². The average molecular weight is 306 g/mol. The van der Waals surface area contributed by atoms with E-state index < -0.39 is 0 Å². The number of hydrogen-bond acceptors (Lipinski definition) is 3. The first-order valence-electron chi connectivity index (χ1n) is 9.24. The maximum atomic E-state index is 13.1. The van der Waals surface area contributed by atoms with E-state index in [-0.39, 0.29) is 29.0 Å². The van der Waals surface area contributed by atoms with Crippen molar-refractivity contribution in [1.82, 2.24) is 0 Å². The van der Waals surface area contributed by atoms with Crippen LogP contribution in [-0.4, -0.2) is 28.2 Å². The molecule has 4 rings (SSSR count). The number of carbonyl (C=O) groups excluding carboxylic acids is 1. The maximum Gasteiger partial charge on any atom is 0.137 e. The highest BCUT2D eigenvalue weighted by molar-refractivity contribution is 5.84. The van der Waals surface area contributed by atoms with Gasteiger partial charge in [-0.3, -0.25) is 4.79 Å². The van der Waals surface area contributed by atoms with Gasteiger partial charge in [-0.1, -0.05) is 13.8 Å². The van der Waals surface area contributed by atoms with Crippen LogP contribution in [0.1, 0.15) is 65.2 Å². The molecule has 0 bridgehead atoms. The van der Waals surface area contributed by atoms with E-state index >= 15 is 0 Å². The second-order valence-electron chi connectivity index (χ2n) is 9.28. The minimum Gasteiger partial charge on any atom is -0.393 e. The number of fused-ring (bicyclic) bond motifs is 5. The van der Waals surface area contributed by atoms with E-state index in [4.69, 9.17) is 0 Å². The van der Waals surface area contributed by atoms with Crippen LogP contribution >= 0.6 is 0 Å². The zero-order valence-corrected chi connectivity index (χ0v) is 13.9. The van der Waals surface area contributed by atoms with Crippen LogP contribution in [0.4, 0.5) is 0 Å². The molecule has 0 saturated heterocycles. The Morgan fingerprint density at radius 3 is 2.59 bits per heavy atom. The van der Waals surface area contributed by atoms with Crippen molar-refractivity contribution in [2.75, 3.05) is 0 Å². The molecule has 3 nitrogen and oxygen atoms in total. The molecule has 0 radical (unpaired) electrons. The van der Waals surface area contributed by atoms with Gasteiger partial charge in [0.1, 0.15) is 5.78 Å². The van der Waals surface area contributed by atoms with Gasteiger partial charge in [-0.15, -0.1) is 0 Å². The van der Waals surface area contributed by atoms with Crippen molar-refractivity contribution in [1.29, 1.82) is 0 Å². The highest BCUT2D eigenvalue weighted by Crippen LogP contribution is 2.65. The lowest BCUT2D eigenvalue weighted by Crippen LogP contribution is -2.58. The van der Waals surface area contributed by atoms with Gasteiger partial charge in [-0.05, 0) is 73.5 Å². The molecule has 3 heteroatoms. The minimum atomic E-state index is -0.208. The van der Waals surface area contributed by atoms with Crippen molar-refractivity contribution in [3.8, 4) is 0 Å². The Morgan fingerprint density at radius 1 is 1.05 bits per heavy atom. The van der Waals surface area contributed by atoms with Crippen molar-refractivity contribution >= 4 is 5.78 Å². The molecule has 0 amide bonds. The van der Waals surface area contributed by atoms with Crippen LogP contribution in [-0.2, 0) is 4.79 Å². The molecule has 22 heavy (non-hydrogen) atoms. The van der Waals surface area contributed by atoms with Crippen LogP contribution in [0.5, 0.6) is 0 Å². The molecule has 0 aromatic heterocycles. The molecule has 2 N–H and O–H groups in total. The average Bonchev–Trinajstić information content (AvgIpc) is 2.74. The summed E-state index contributed by atoms with van der Waals surface area (Å²) < 4.78 is 0. The molecule has 0 aliphatic heterocycles. The third kappa shape index (κ3) is 1.91. The molecule has 8 atom stereocenters. The highest BCUT2D eigenvalue weighted by Gasteiger charge is 2.62. The number of aliphatic hydroxyl groups is 2. The summed E-state index contributed by atoms with van der Waals surface area (Å²) in [5.41, 5.74) is 0.0952. The molecule has 0 aromatic rings. The molecule has 124 valence electrons. The molecule has 0 aromatic carbocycles. The first kappa shape index (κ1) is 15.1. The first-order chi connectivity index (χ1) is 10.3.